The third-order valence-electron chi connectivity index (χ3n) is 4.12. The molecule has 0 spiro atoms. The lowest BCUT2D eigenvalue weighted by molar-refractivity contribution is -0.123. The number of hydrogen-bond acceptors (Lipinski definition) is 5. The Morgan fingerprint density at radius 1 is 1.30 bits per heavy atom. The van der Waals surface area contributed by atoms with Crippen LogP contribution in [0.5, 0.6) is 11.5 Å². The van der Waals surface area contributed by atoms with Crippen LogP contribution in [0.4, 0.5) is 0 Å². The topological polar surface area (TPSA) is 77.4 Å². The van der Waals surface area contributed by atoms with Crippen LogP contribution in [0.15, 0.2) is 30.6 Å². The maximum atomic E-state index is 12.7. The summed E-state index contributed by atoms with van der Waals surface area (Å²) in [5, 5.41) is 10.2. The largest absolute Gasteiger partial charge is 0.493 e. The van der Waals surface area contributed by atoms with E-state index >= 15 is 0 Å². The molecule has 0 saturated carbocycles. The van der Waals surface area contributed by atoms with E-state index in [4.69, 9.17) is 9.47 Å². The zero-order chi connectivity index (χ0) is 19.1. The second kappa shape index (κ2) is 10.8. The highest BCUT2D eigenvalue weighted by atomic mass is 35.5. The first-order valence-corrected chi connectivity index (χ1v) is 8.77. The lowest BCUT2D eigenvalue weighted by Crippen LogP contribution is -2.37. The Balaban J connectivity index is 0.00000364. The highest BCUT2D eigenvalue weighted by Crippen LogP contribution is 2.30. The molecule has 0 radical (unpaired) electrons. The predicted molar refractivity (Wildman–Crippen MR) is 108 cm³/mol. The van der Waals surface area contributed by atoms with Crippen molar-refractivity contribution in [3.63, 3.8) is 0 Å². The summed E-state index contributed by atoms with van der Waals surface area (Å²) in [5.74, 6) is 1.26. The van der Waals surface area contributed by atoms with Gasteiger partial charge in [-0.25, -0.2) is 0 Å². The van der Waals surface area contributed by atoms with Crippen LogP contribution in [0.3, 0.4) is 0 Å². The van der Waals surface area contributed by atoms with Gasteiger partial charge in [-0.3, -0.25) is 9.48 Å². The van der Waals surface area contributed by atoms with E-state index in [1.165, 1.54) is 0 Å². The van der Waals surface area contributed by atoms with E-state index in [-0.39, 0.29) is 24.4 Å². The predicted octanol–water partition coefficient (Wildman–Crippen LogP) is 2.78. The molecule has 2 aromatic rings. The van der Waals surface area contributed by atoms with Crippen LogP contribution in [0, 0.1) is 0 Å². The molecule has 150 valence electrons. The minimum atomic E-state index is -0.458. The van der Waals surface area contributed by atoms with E-state index in [0.29, 0.717) is 18.1 Å². The fourth-order valence-electron chi connectivity index (χ4n) is 2.70. The number of nitrogens with one attached hydrogen (secondary N) is 2. The molecule has 0 aliphatic carbocycles. The average molecular weight is 397 g/mol. The lowest BCUT2D eigenvalue weighted by Gasteiger charge is -2.20. The van der Waals surface area contributed by atoms with Gasteiger partial charge in [-0.15, -0.1) is 12.4 Å². The highest BCUT2D eigenvalue weighted by molar-refractivity contribution is 5.85. The van der Waals surface area contributed by atoms with Gasteiger partial charge >= 0.3 is 0 Å². The normalized spacial score (nSPS) is 12.6. The molecule has 7 nitrogen and oxygen atoms in total. The van der Waals surface area contributed by atoms with E-state index in [2.05, 4.69) is 22.7 Å². The molecule has 0 aliphatic rings. The standard InChI is InChI=1S/C19H28N4O3.ClH/c1-6-9-26-16-8-7-14(10-17(16)25-5)13(2)22-19(24)18(20-3)15-11-21-23(4)12-15;/h7-8,10-13,18,20H,6,9H2,1-5H3,(H,22,24);1H. The van der Waals surface area contributed by atoms with Gasteiger partial charge in [-0.05, 0) is 38.1 Å². The van der Waals surface area contributed by atoms with E-state index in [1.54, 1.807) is 25.0 Å². The third kappa shape index (κ3) is 5.87. The summed E-state index contributed by atoms with van der Waals surface area (Å²) < 4.78 is 12.8. The highest BCUT2D eigenvalue weighted by Gasteiger charge is 2.22. The molecule has 1 aromatic carbocycles. The van der Waals surface area contributed by atoms with E-state index < -0.39 is 6.04 Å². The molecular formula is C19H29ClN4O3. The van der Waals surface area contributed by atoms with E-state index in [1.807, 2.05) is 38.4 Å². The van der Waals surface area contributed by atoms with E-state index in [0.717, 1.165) is 17.5 Å². The molecule has 27 heavy (non-hydrogen) atoms. The number of aromatic nitrogens is 2. The van der Waals surface area contributed by atoms with Gasteiger partial charge in [-0.2, -0.15) is 5.10 Å². The summed E-state index contributed by atoms with van der Waals surface area (Å²) in [5.41, 5.74) is 1.76. The van der Waals surface area contributed by atoms with Crippen molar-refractivity contribution < 1.29 is 14.3 Å². The number of nitrogens with zero attached hydrogens (tertiary/aromatic N) is 2. The van der Waals surface area contributed by atoms with Gasteiger partial charge in [0.15, 0.2) is 11.5 Å². The minimum absolute atomic E-state index is 0. The van der Waals surface area contributed by atoms with Crippen molar-refractivity contribution in [3.05, 3.63) is 41.7 Å². The number of likely N-dealkylation sites (N-methyl/N-ethyl adjacent to an activating group) is 1. The Morgan fingerprint density at radius 2 is 2.04 bits per heavy atom. The number of ether oxygens (including phenoxy) is 2. The van der Waals surface area contributed by atoms with Crippen LogP contribution >= 0.6 is 12.4 Å². The van der Waals surface area contributed by atoms with Crippen LogP contribution in [-0.4, -0.2) is 36.5 Å². The zero-order valence-electron chi connectivity index (χ0n) is 16.5. The molecule has 2 N–H and O–H groups in total. The second-order valence-electron chi connectivity index (χ2n) is 6.16. The Hall–Kier alpha value is -2.25. The van der Waals surface area contributed by atoms with Crippen molar-refractivity contribution >= 4 is 18.3 Å². The molecule has 1 amide bonds. The number of hydrogen-bond donors (Lipinski definition) is 2. The van der Waals surface area contributed by atoms with Crippen molar-refractivity contribution in [2.75, 3.05) is 20.8 Å². The second-order valence-corrected chi connectivity index (χ2v) is 6.16. The molecule has 1 aromatic heterocycles. The molecule has 1 heterocycles. The van der Waals surface area contributed by atoms with Gasteiger partial charge < -0.3 is 20.1 Å². The summed E-state index contributed by atoms with van der Waals surface area (Å²) in [6.45, 7) is 4.63. The number of methoxy groups -OCH3 is 1. The molecule has 2 atom stereocenters. The van der Waals surface area contributed by atoms with Crippen molar-refractivity contribution in [1.82, 2.24) is 20.4 Å². The number of halogens is 1. The first kappa shape index (κ1) is 22.8. The van der Waals surface area contributed by atoms with Crippen molar-refractivity contribution in [2.45, 2.75) is 32.4 Å². The fraction of sp³-hybridized carbons (Fsp3) is 0.474. The molecule has 2 rings (SSSR count). The number of aryl methyl sites for hydroxylation is 1. The summed E-state index contributed by atoms with van der Waals surface area (Å²) in [4.78, 5) is 12.7. The monoisotopic (exact) mass is 396 g/mol. The zero-order valence-corrected chi connectivity index (χ0v) is 17.3. The first-order valence-electron chi connectivity index (χ1n) is 8.77. The number of benzene rings is 1. The van der Waals surface area contributed by atoms with Gasteiger partial charge in [0.25, 0.3) is 0 Å². The van der Waals surface area contributed by atoms with Gasteiger partial charge in [0.05, 0.1) is 26.0 Å². The molecule has 0 bridgehead atoms. The summed E-state index contributed by atoms with van der Waals surface area (Å²) >= 11 is 0. The van der Waals surface area contributed by atoms with Gasteiger partial charge in [0.2, 0.25) is 5.91 Å². The molecule has 0 aliphatic heterocycles. The van der Waals surface area contributed by atoms with Crippen molar-refractivity contribution in [3.8, 4) is 11.5 Å². The van der Waals surface area contributed by atoms with Gasteiger partial charge in [-0.1, -0.05) is 13.0 Å². The number of carbonyl (C=O) groups excluding carboxylic acids is 1. The van der Waals surface area contributed by atoms with Crippen molar-refractivity contribution in [2.24, 2.45) is 7.05 Å². The average Bonchev–Trinajstić information content (AvgIpc) is 3.06. The number of amides is 1. The summed E-state index contributed by atoms with van der Waals surface area (Å²) in [6, 6.07) is 5.08. The van der Waals surface area contributed by atoms with Crippen LogP contribution in [0.1, 0.15) is 43.5 Å². The third-order valence-corrected chi connectivity index (χ3v) is 4.12. The minimum Gasteiger partial charge on any atom is -0.493 e. The van der Waals surface area contributed by atoms with Gasteiger partial charge in [0, 0.05) is 18.8 Å². The molecule has 0 fully saturated rings. The number of rotatable bonds is 9. The summed E-state index contributed by atoms with van der Waals surface area (Å²) in [6.07, 6.45) is 4.44. The lowest BCUT2D eigenvalue weighted by atomic mass is 10.1. The molecule has 0 saturated heterocycles. The number of carbonyl (C=O) groups is 1. The first-order chi connectivity index (χ1) is 12.5. The van der Waals surface area contributed by atoms with Crippen LogP contribution in [0.25, 0.3) is 0 Å². The Kier molecular flexibility index (Phi) is 9.11. The van der Waals surface area contributed by atoms with Crippen LogP contribution < -0.4 is 20.1 Å². The van der Waals surface area contributed by atoms with Crippen LogP contribution in [0.2, 0.25) is 0 Å². The molecule has 2 unspecified atom stereocenters. The van der Waals surface area contributed by atoms with Gasteiger partial charge in [0.1, 0.15) is 6.04 Å². The summed E-state index contributed by atoms with van der Waals surface area (Å²) in [7, 11) is 5.19. The quantitative estimate of drug-likeness (QED) is 0.681. The molecule has 8 heteroatoms. The fourth-order valence-corrected chi connectivity index (χ4v) is 2.70. The van der Waals surface area contributed by atoms with Crippen LogP contribution in [-0.2, 0) is 11.8 Å². The molecular weight excluding hydrogens is 368 g/mol. The smallest absolute Gasteiger partial charge is 0.242 e. The maximum absolute atomic E-state index is 12.7. The Labute approximate surface area is 166 Å². The maximum Gasteiger partial charge on any atom is 0.242 e. The van der Waals surface area contributed by atoms with Crippen molar-refractivity contribution in [1.29, 1.82) is 0 Å². The SMILES string of the molecule is CCCOc1ccc(C(C)NC(=O)C(NC)c2cnn(C)c2)cc1OC.Cl. The Morgan fingerprint density at radius 3 is 2.59 bits per heavy atom. The Bertz CT molecular complexity index is 735. The van der Waals surface area contributed by atoms with E-state index in [9.17, 15) is 4.79 Å².